The molecule has 0 aromatic heterocycles. The van der Waals surface area contributed by atoms with Gasteiger partial charge in [-0.15, -0.1) is 4.83 Å². The summed E-state index contributed by atoms with van der Waals surface area (Å²) in [5, 5.41) is 9.38. The number of rotatable bonds is 5. The molecule has 9 heteroatoms. The summed E-state index contributed by atoms with van der Waals surface area (Å²) in [5.74, 6) is -0.733. The molecule has 0 saturated heterocycles. The maximum Gasteiger partial charge on any atom is 0.231 e. The molecule has 0 spiro atoms. The second-order valence-corrected chi connectivity index (χ2v) is 7.57. The Kier molecular flexibility index (Phi) is 5.51. The average molecular weight is 334 g/mol. The SMILES string of the molecule is O=S(=O)(C[C@@H](O)C(Cl)(Cl)Cl)NNc1ccccc1. The number of aliphatic hydroxyl groups is 1. The maximum atomic E-state index is 11.6. The lowest BCUT2D eigenvalue weighted by Crippen LogP contribution is -2.40. The molecule has 1 atom stereocenters. The van der Waals surface area contributed by atoms with Crippen molar-refractivity contribution in [3.63, 3.8) is 0 Å². The zero-order chi connectivity index (χ0) is 13.8. The molecule has 1 aromatic carbocycles. The highest BCUT2D eigenvalue weighted by Crippen LogP contribution is 2.30. The number of hydrogen-bond donors (Lipinski definition) is 3. The van der Waals surface area contributed by atoms with Gasteiger partial charge in [-0.2, -0.15) is 0 Å². The molecule has 0 fully saturated rings. The van der Waals surface area contributed by atoms with Crippen LogP contribution in [0.25, 0.3) is 0 Å². The molecule has 0 radical (unpaired) electrons. The monoisotopic (exact) mass is 332 g/mol. The first-order chi connectivity index (χ1) is 8.21. The molecule has 18 heavy (non-hydrogen) atoms. The van der Waals surface area contributed by atoms with Crippen molar-refractivity contribution >= 4 is 50.5 Å². The lowest BCUT2D eigenvalue weighted by molar-refractivity contribution is 0.201. The Labute approximate surface area is 120 Å². The first-order valence-electron chi connectivity index (χ1n) is 4.76. The molecular formula is C9H11Cl3N2O3S. The molecule has 0 saturated carbocycles. The number of hydrazine groups is 1. The molecule has 0 unspecified atom stereocenters. The zero-order valence-corrected chi connectivity index (χ0v) is 12.1. The Morgan fingerprint density at radius 1 is 1.22 bits per heavy atom. The lowest BCUT2D eigenvalue weighted by Gasteiger charge is -2.19. The molecule has 5 nitrogen and oxygen atoms in total. The van der Waals surface area contributed by atoms with Crippen LogP contribution >= 0.6 is 34.8 Å². The van der Waals surface area contributed by atoms with Crippen molar-refractivity contribution in [2.24, 2.45) is 0 Å². The van der Waals surface area contributed by atoms with Crippen LogP contribution in [0, 0.1) is 0 Å². The van der Waals surface area contributed by atoms with E-state index in [9.17, 15) is 13.5 Å². The molecule has 102 valence electrons. The van der Waals surface area contributed by atoms with E-state index in [1.165, 1.54) is 0 Å². The standard InChI is InChI=1S/C9H11Cl3N2O3S/c10-9(11,12)8(15)6-18(16,17)14-13-7-4-2-1-3-5-7/h1-5,8,13-15H,6H2/t8-/m1/s1. The van der Waals surface area contributed by atoms with Gasteiger partial charge in [0.2, 0.25) is 13.8 Å². The van der Waals surface area contributed by atoms with Gasteiger partial charge >= 0.3 is 0 Å². The highest BCUT2D eigenvalue weighted by Gasteiger charge is 2.34. The van der Waals surface area contributed by atoms with Crippen LogP contribution in [0.3, 0.4) is 0 Å². The first-order valence-corrected chi connectivity index (χ1v) is 7.55. The normalized spacial score (nSPS) is 14.2. The Bertz CT molecular complexity index is 476. The van der Waals surface area contributed by atoms with E-state index in [1.54, 1.807) is 30.3 Å². The highest BCUT2D eigenvalue weighted by molar-refractivity contribution is 7.89. The number of benzene rings is 1. The minimum atomic E-state index is -3.83. The van der Waals surface area contributed by atoms with Crippen LogP contribution in [0.4, 0.5) is 5.69 Å². The van der Waals surface area contributed by atoms with E-state index in [2.05, 4.69) is 10.3 Å². The molecule has 0 heterocycles. The van der Waals surface area contributed by atoms with E-state index in [0.29, 0.717) is 5.69 Å². The number of sulfonamides is 1. The van der Waals surface area contributed by atoms with Gasteiger partial charge in [0.25, 0.3) is 0 Å². The van der Waals surface area contributed by atoms with Crippen LogP contribution in [0.2, 0.25) is 0 Å². The van der Waals surface area contributed by atoms with Gasteiger partial charge in [-0.1, -0.05) is 53.0 Å². The molecule has 0 bridgehead atoms. The summed E-state index contributed by atoms with van der Waals surface area (Å²) in [6.45, 7) is 0. The van der Waals surface area contributed by atoms with Crippen molar-refractivity contribution in [3.05, 3.63) is 30.3 Å². The van der Waals surface area contributed by atoms with Crippen LogP contribution in [0.1, 0.15) is 0 Å². The summed E-state index contributed by atoms with van der Waals surface area (Å²) in [5.41, 5.74) is 3.01. The Morgan fingerprint density at radius 2 is 1.78 bits per heavy atom. The largest absolute Gasteiger partial charge is 0.388 e. The van der Waals surface area contributed by atoms with E-state index in [4.69, 9.17) is 34.8 Å². The van der Waals surface area contributed by atoms with E-state index in [-0.39, 0.29) is 0 Å². The van der Waals surface area contributed by atoms with E-state index < -0.39 is 25.7 Å². The molecule has 0 aliphatic heterocycles. The summed E-state index contributed by atoms with van der Waals surface area (Å²) < 4.78 is 21.0. The molecule has 1 aromatic rings. The van der Waals surface area contributed by atoms with Crippen molar-refractivity contribution in [2.45, 2.75) is 9.90 Å². The van der Waals surface area contributed by atoms with Crippen molar-refractivity contribution < 1.29 is 13.5 Å². The van der Waals surface area contributed by atoms with Crippen molar-refractivity contribution in [1.82, 2.24) is 4.83 Å². The third-order valence-electron chi connectivity index (χ3n) is 1.88. The Hall–Kier alpha value is -0.240. The summed E-state index contributed by atoms with van der Waals surface area (Å²) in [4.78, 5) is 2.06. The fraction of sp³-hybridized carbons (Fsp3) is 0.333. The summed E-state index contributed by atoms with van der Waals surface area (Å²) >= 11 is 16.1. The van der Waals surface area contributed by atoms with Gasteiger partial charge in [-0.3, -0.25) is 0 Å². The smallest absolute Gasteiger partial charge is 0.231 e. The quantitative estimate of drug-likeness (QED) is 0.566. The predicted octanol–water partition coefficient (Wildman–Crippen LogP) is 1.66. The number of alkyl halides is 3. The summed E-state index contributed by atoms with van der Waals surface area (Å²) in [6, 6.07) is 8.56. The minimum Gasteiger partial charge on any atom is -0.388 e. The van der Waals surface area contributed by atoms with Crippen molar-refractivity contribution in [2.75, 3.05) is 11.2 Å². The predicted molar refractivity (Wildman–Crippen MR) is 73.3 cm³/mol. The second-order valence-electron chi connectivity index (χ2n) is 3.43. The number of para-hydroxylation sites is 1. The zero-order valence-electron chi connectivity index (χ0n) is 8.98. The molecule has 0 aliphatic rings. The topological polar surface area (TPSA) is 78.4 Å². The van der Waals surface area contributed by atoms with Crippen molar-refractivity contribution in [3.8, 4) is 0 Å². The molecule has 1 rings (SSSR count). The van der Waals surface area contributed by atoms with E-state index in [1.807, 2.05) is 0 Å². The minimum absolute atomic E-state index is 0.546. The maximum absolute atomic E-state index is 11.6. The second kappa shape index (κ2) is 6.27. The molecular weight excluding hydrogens is 323 g/mol. The molecule has 0 aliphatic carbocycles. The molecule has 0 amide bonds. The van der Waals surface area contributed by atoms with Crippen LogP contribution < -0.4 is 10.3 Å². The third kappa shape index (κ3) is 5.60. The number of halogens is 3. The Morgan fingerprint density at radius 3 is 2.28 bits per heavy atom. The van der Waals surface area contributed by atoms with Gasteiger partial charge in [0.05, 0.1) is 5.75 Å². The van der Waals surface area contributed by atoms with Gasteiger partial charge in [0.1, 0.15) is 6.10 Å². The number of hydrogen-bond acceptors (Lipinski definition) is 4. The van der Waals surface area contributed by atoms with Crippen LogP contribution in [-0.2, 0) is 10.0 Å². The Balaban J connectivity index is 2.56. The first kappa shape index (κ1) is 15.8. The number of anilines is 1. The van der Waals surface area contributed by atoms with Gasteiger partial charge in [0.15, 0.2) is 0 Å². The summed E-state index contributed by atoms with van der Waals surface area (Å²) in [6.07, 6.45) is -1.63. The van der Waals surface area contributed by atoms with Gasteiger partial charge in [0, 0.05) is 5.69 Å². The van der Waals surface area contributed by atoms with Crippen molar-refractivity contribution in [1.29, 1.82) is 0 Å². The summed E-state index contributed by atoms with van der Waals surface area (Å²) in [7, 11) is -3.83. The average Bonchev–Trinajstić information content (AvgIpc) is 2.26. The fourth-order valence-electron chi connectivity index (χ4n) is 1.00. The van der Waals surface area contributed by atoms with Gasteiger partial charge in [-0.25, -0.2) is 8.42 Å². The highest BCUT2D eigenvalue weighted by atomic mass is 35.6. The van der Waals surface area contributed by atoms with Crippen LogP contribution in [0.5, 0.6) is 0 Å². The number of aliphatic hydroxyl groups excluding tert-OH is 1. The van der Waals surface area contributed by atoms with E-state index in [0.717, 1.165) is 0 Å². The van der Waals surface area contributed by atoms with E-state index >= 15 is 0 Å². The third-order valence-corrected chi connectivity index (χ3v) is 3.80. The van der Waals surface area contributed by atoms with Crippen LogP contribution in [-0.4, -0.2) is 29.2 Å². The fourth-order valence-corrected chi connectivity index (χ4v) is 2.53. The van der Waals surface area contributed by atoms with Crippen LogP contribution in [0.15, 0.2) is 30.3 Å². The van der Waals surface area contributed by atoms with Gasteiger partial charge in [-0.05, 0) is 12.1 Å². The molecule has 3 N–H and O–H groups in total. The lowest BCUT2D eigenvalue weighted by atomic mass is 10.3. The van der Waals surface area contributed by atoms with Gasteiger partial charge < -0.3 is 10.5 Å². The number of nitrogens with one attached hydrogen (secondary N) is 2.